The molecule has 3 rings (SSSR count). The highest BCUT2D eigenvalue weighted by atomic mass is 35.7. The van der Waals surface area contributed by atoms with Gasteiger partial charge in [-0.2, -0.15) is 0 Å². The molecule has 0 unspecified atom stereocenters. The van der Waals surface area contributed by atoms with E-state index in [9.17, 15) is 16.8 Å². The van der Waals surface area contributed by atoms with Crippen molar-refractivity contribution in [1.29, 1.82) is 0 Å². The molecule has 0 amide bonds. The van der Waals surface area contributed by atoms with E-state index in [0.29, 0.717) is 21.9 Å². The van der Waals surface area contributed by atoms with E-state index in [2.05, 4.69) is 0 Å². The molecule has 5 nitrogen and oxygen atoms in total. The molecule has 0 bridgehead atoms. The van der Waals surface area contributed by atoms with Crippen LogP contribution in [0, 0.1) is 0 Å². The first-order chi connectivity index (χ1) is 9.66. The largest absolute Gasteiger partial charge is 0.456 e. The van der Waals surface area contributed by atoms with E-state index in [-0.39, 0.29) is 9.79 Å². The Kier molecular flexibility index (Phi) is 3.05. The molecular weight excluding hydrogens is 336 g/mol. The molecule has 0 aliphatic carbocycles. The van der Waals surface area contributed by atoms with Gasteiger partial charge in [0.1, 0.15) is 11.2 Å². The molecule has 0 spiro atoms. The molecule has 0 saturated heterocycles. The number of fused-ring (bicyclic) bond motifs is 3. The van der Waals surface area contributed by atoms with Crippen LogP contribution in [0.3, 0.4) is 0 Å². The fourth-order valence-electron chi connectivity index (χ4n) is 2.12. The second kappa shape index (κ2) is 4.46. The maximum absolute atomic E-state index is 11.5. The molecule has 1 aromatic heterocycles. The first-order valence-electron chi connectivity index (χ1n) is 5.77. The average molecular weight is 345 g/mol. The predicted octanol–water partition coefficient (Wildman–Crippen LogP) is 2.92. The highest BCUT2D eigenvalue weighted by Gasteiger charge is 2.16. The Morgan fingerprint density at radius 2 is 1.52 bits per heavy atom. The molecule has 0 aliphatic rings. The van der Waals surface area contributed by atoms with Crippen LogP contribution in [-0.4, -0.2) is 23.1 Å². The monoisotopic (exact) mass is 344 g/mol. The van der Waals surface area contributed by atoms with Gasteiger partial charge in [0.2, 0.25) is 0 Å². The van der Waals surface area contributed by atoms with Gasteiger partial charge in [0.25, 0.3) is 9.05 Å². The van der Waals surface area contributed by atoms with Crippen molar-refractivity contribution >= 4 is 51.5 Å². The minimum absolute atomic E-state index is 0.0356. The second-order valence-electron chi connectivity index (χ2n) is 4.63. The van der Waals surface area contributed by atoms with Crippen molar-refractivity contribution in [2.24, 2.45) is 0 Å². The summed E-state index contributed by atoms with van der Waals surface area (Å²) >= 11 is 0. The molecule has 3 aromatic rings. The van der Waals surface area contributed by atoms with Crippen molar-refractivity contribution in [3.05, 3.63) is 36.4 Å². The maximum Gasteiger partial charge on any atom is 0.261 e. The maximum atomic E-state index is 11.5. The fraction of sp³-hybridized carbons (Fsp3) is 0.0769. The number of halogens is 1. The van der Waals surface area contributed by atoms with Gasteiger partial charge in [0, 0.05) is 33.8 Å². The van der Waals surface area contributed by atoms with Crippen LogP contribution in [0.25, 0.3) is 21.9 Å². The van der Waals surface area contributed by atoms with E-state index in [1.807, 2.05) is 0 Å². The molecule has 1 heterocycles. The fourth-order valence-corrected chi connectivity index (χ4v) is 3.53. The Morgan fingerprint density at radius 3 is 2.14 bits per heavy atom. The third-order valence-corrected chi connectivity index (χ3v) is 5.59. The molecule has 0 fully saturated rings. The van der Waals surface area contributed by atoms with Crippen LogP contribution in [-0.2, 0) is 18.9 Å². The summed E-state index contributed by atoms with van der Waals surface area (Å²) in [7, 11) is -1.85. The van der Waals surface area contributed by atoms with Gasteiger partial charge in [-0.3, -0.25) is 0 Å². The molecule has 2 aromatic carbocycles. The lowest BCUT2D eigenvalue weighted by Crippen LogP contribution is -1.95. The van der Waals surface area contributed by atoms with E-state index in [4.69, 9.17) is 15.1 Å². The van der Waals surface area contributed by atoms with Gasteiger partial charge in [0.05, 0.1) is 9.79 Å². The molecule has 110 valence electrons. The Morgan fingerprint density at radius 1 is 0.857 bits per heavy atom. The summed E-state index contributed by atoms with van der Waals surface area (Å²) in [6.07, 6.45) is 1.11. The van der Waals surface area contributed by atoms with Crippen molar-refractivity contribution in [1.82, 2.24) is 0 Å². The van der Waals surface area contributed by atoms with E-state index < -0.39 is 18.9 Å². The Bertz CT molecular complexity index is 1080. The lowest BCUT2D eigenvalue weighted by Gasteiger charge is -1.97. The number of rotatable bonds is 2. The van der Waals surface area contributed by atoms with Crippen LogP contribution >= 0.6 is 10.7 Å². The Balaban J connectivity index is 2.36. The minimum Gasteiger partial charge on any atom is -0.456 e. The normalized spacial score (nSPS) is 13.0. The van der Waals surface area contributed by atoms with E-state index >= 15 is 0 Å². The molecule has 21 heavy (non-hydrogen) atoms. The van der Waals surface area contributed by atoms with Crippen molar-refractivity contribution in [3.63, 3.8) is 0 Å². The molecule has 0 N–H and O–H groups in total. The summed E-state index contributed by atoms with van der Waals surface area (Å²) in [6, 6.07) is 8.69. The summed E-state index contributed by atoms with van der Waals surface area (Å²) in [5.41, 5.74) is 0.830. The van der Waals surface area contributed by atoms with E-state index in [1.165, 1.54) is 30.3 Å². The molecule has 0 radical (unpaired) electrons. The smallest absolute Gasteiger partial charge is 0.261 e. The number of hydrogen-bond donors (Lipinski definition) is 0. The van der Waals surface area contributed by atoms with Crippen LogP contribution in [0.4, 0.5) is 0 Å². The lowest BCUT2D eigenvalue weighted by molar-refractivity contribution is 0.601. The third-order valence-electron chi connectivity index (χ3n) is 3.12. The highest BCUT2D eigenvalue weighted by molar-refractivity contribution is 8.13. The first-order valence-corrected chi connectivity index (χ1v) is 9.97. The van der Waals surface area contributed by atoms with E-state index in [0.717, 1.165) is 6.26 Å². The van der Waals surface area contributed by atoms with Crippen LogP contribution in [0.1, 0.15) is 0 Å². The van der Waals surface area contributed by atoms with Gasteiger partial charge in [-0.1, -0.05) is 0 Å². The van der Waals surface area contributed by atoms with Crippen LogP contribution < -0.4 is 0 Å². The standard InChI is InChI=1S/C13H9ClO5S2/c1-20(15,16)8-2-4-10-11-6-9(21(14,17)18)3-5-12(11)19-13(10)7-8/h2-7H,1H3. The second-order valence-corrected chi connectivity index (χ2v) is 9.21. The molecule has 0 atom stereocenters. The van der Waals surface area contributed by atoms with Gasteiger partial charge in [-0.15, -0.1) is 0 Å². The topological polar surface area (TPSA) is 81.4 Å². The third kappa shape index (κ3) is 2.52. The van der Waals surface area contributed by atoms with Crippen molar-refractivity contribution < 1.29 is 21.3 Å². The van der Waals surface area contributed by atoms with Crippen LogP contribution in [0.2, 0.25) is 0 Å². The quantitative estimate of drug-likeness (QED) is 0.667. The summed E-state index contributed by atoms with van der Waals surface area (Å²) in [4.78, 5) is 0.103. The van der Waals surface area contributed by atoms with Crippen molar-refractivity contribution in [3.8, 4) is 0 Å². The summed E-state index contributed by atoms with van der Waals surface area (Å²) < 4.78 is 51.4. The summed E-state index contributed by atoms with van der Waals surface area (Å²) in [6.45, 7) is 0. The van der Waals surface area contributed by atoms with Crippen molar-refractivity contribution in [2.75, 3.05) is 6.26 Å². The van der Waals surface area contributed by atoms with Gasteiger partial charge in [-0.25, -0.2) is 16.8 Å². The van der Waals surface area contributed by atoms with Gasteiger partial charge >= 0.3 is 0 Å². The molecule has 0 saturated carbocycles. The average Bonchev–Trinajstić information content (AvgIpc) is 2.73. The zero-order valence-electron chi connectivity index (χ0n) is 10.7. The summed E-state index contributed by atoms with van der Waals surface area (Å²) in [5, 5.41) is 1.19. The number of furan rings is 1. The Hall–Kier alpha value is -1.57. The number of hydrogen-bond acceptors (Lipinski definition) is 5. The molecule has 0 aliphatic heterocycles. The summed E-state index contributed by atoms with van der Waals surface area (Å²) in [5.74, 6) is 0. The SMILES string of the molecule is CS(=O)(=O)c1ccc2c(c1)oc1ccc(S(=O)(=O)Cl)cc12. The highest BCUT2D eigenvalue weighted by Crippen LogP contribution is 2.32. The molecule has 8 heteroatoms. The van der Waals surface area contributed by atoms with Crippen molar-refractivity contribution in [2.45, 2.75) is 9.79 Å². The van der Waals surface area contributed by atoms with Gasteiger partial charge in [-0.05, 0) is 30.3 Å². The zero-order valence-corrected chi connectivity index (χ0v) is 13.1. The van der Waals surface area contributed by atoms with Crippen LogP contribution in [0.5, 0.6) is 0 Å². The van der Waals surface area contributed by atoms with Crippen LogP contribution in [0.15, 0.2) is 50.6 Å². The first kappa shape index (κ1) is 14.4. The zero-order chi connectivity index (χ0) is 15.4. The molecular formula is C13H9ClO5S2. The van der Waals surface area contributed by atoms with Gasteiger partial charge < -0.3 is 4.42 Å². The Labute approximate surface area is 125 Å². The van der Waals surface area contributed by atoms with Gasteiger partial charge in [0.15, 0.2) is 9.84 Å². The number of sulfone groups is 1. The lowest BCUT2D eigenvalue weighted by atomic mass is 10.1. The minimum atomic E-state index is -3.84. The number of benzene rings is 2. The van der Waals surface area contributed by atoms with E-state index in [1.54, 1.807) is 6.07 Å². The predicted molar refractivity (Wildman–Crippen MR) is 79.9 cm³/mol.